The second-order valence-corrected chi connectivity index (χ2v) is 3.45. The van der Waals surface area contributed by atoms with E-state index in [0.29, 0.717) is 6.54 Å². The molecule has 0 amide bonds. The fourth-order valence-electron chi connectivity index (χ4n) is 1.16. The van der Waals surface area contributed by atoms with Gasteiger partial charge < -0.3 is 5.32 Å². The highest BCUT2D eigenvalue weighted by Crippen LogP contribution is 1.95. The maximum atomic E-state index is 10.3. The minimum absolute atomic E-state index is 0.281. The SMILES string of the molecule is CC(CNCCc1cccnc1)[N+](=O)[O-]. The lowest BCUT2D eigenvalue weighted by molar-refractivity contribution is -0.515. The van der Waals surface area contributed by atoms with Crippen LogP contribution in [0, 0.1) is 10.1 Å². The Kier molecular flexibility index (Phi) is 4.70. The second kappa shape index (κ2) is 6.08. The molecule has 0 radical (unpaired) electrons. The van der Waals surface area contributed by atoms with Gasteiger partial charge >= 0.3 is 0 Å². The van der Waals surface area contributed by atoms with Crippen molar-refractivity contribution in [3.8, 4) is 0 Å². The summed E-state index contributed by atoms with van der Waals surface area (Å²) in [4.78, 5) is 14.0. The van der Waals surface area contributed by atoms with Gasteiger partial charge in [-0.2, -0.15) is 0 Å². The third-order valence-corrected chi connectivity index (χ3v) is 2.11. The first-order valence-electron chi connectivity index (χ1n) is 4.93. The molecule has 0 aliphatic carbocycles. The molecule has 1 rings (SSSR count). The first-order valence-corrected chi connectivity index (χ1v) is 4.93. The van der Waals surface area contributed by atoms with E-state index >= 15 is 0 Å². The third kappa shape index (κ3) is 4.51. The van der Waals surface area contributed by atoms with Gasteiger partial charge in [-0.25, -0.2) is 0 Å². The van der Waals surface area contributed by atoms with Crippen LogP contribution in [0.15, 0.2) is 24.5 Å². The molecular formula is C10H15N3O2. The Bertz CT molecular complexity index is 303. The summed E-state index contributed by atoms with van der Waals surface area (Å²) in [7, 11) is 0. The molecule has 0 aliphatic heterocycles. The Morgan fingerprint density at radius 3 is 3.07 bits per heavy atom. The number of aromatic nitrogens is 1. The Labute approximate surface area is 88.7 Å². The van der Waals surface area contributed by atoms with Crippen LogP contribution >= 0.6 is 0 Å². The lowest BCUT2D eigenvalue weighted by Crippen LogP contribution is -2.31. The molecule has 0 bridgehead atoms. The average molecular weight is 209 g/mol. The van der Waals surface area contributed by atoms with Gasteiger partial charge in [-0.3, -0.25) is 15.1 Å². The number of nitrogens with one attached hydrogen (secondary N) is 1. The van der Waals surface area contributed by atoms with E-state index in [-0.39, 0.29) is 4.92 Å². The van der Waals surface area contributed by atoms with Gasteiger partial charge in [-0.1, -0.05) is 6.07 Å². The first-order chi connectivity index (χ1) is 7.20. The zero-order valence-electron chi connectivity index (χ0n) is 8.72. The van der Waals surface area contributed by atoms with Gasteiger partial charge in [-0.15, -0.1) is 0 Å². The second-order valence-electron chi connectivity index (χ2n) is 3.45. The number of hydrogen-bond acceptors (Lipinski definition) is 4. The van der Waals surface area contributed by atoms with Gasteiger partial charge in [0.25, 0.3) is 0 Å². The number of pyridine rings is 1. The van der Waals surface area contributed by atoms with Gasteiger partial charge in [-0.05, 0) is 24.6 Å². The molecule has 5 nitrogen and oxygen atoms in total. The Morgan fingerprint density at radius 2 is 2.47 bits per heavy atom. The van der Waals surface area contributed by atoms with Gasteiger partial charge in [0.1, 0.15) is 0 Å². The number of nitro groups is 1. The summed E-state index contributed by atoms with van der Waals surface area (Å²) < 4.78 is 0. The largest absolute Gasteiger partial charge is 0.310 e. The topological polar surface area (TPSA) is 68.1 Å². The molecule has 1 N–H and O–H groups in total. The number of nitrogens with zero attached hydrogens (tertiary/aromatic N) is 2. The maximum Gasteiger partial charge on any atom is 0.222 e. The zero-order valence-corrected chi connectivity index (χ0v) is 8.72. The van der Waals surface area contributed by atoms with Crippen LogP contribution in [0.25, 0.3) is 0 Å². The molecule has 5 heteroatoms. The lowest BCUT2D eigenvalue weighted by Gasteiger charge is -2.05. The molecule has 1 aromatic heterocycles. The Balaban J connectivity index is 2.15. The molecular weight excluding hydrogens is 194 g/mol. The molecule has 0 spiro atoms. The van der Waals surface area contributed by atoms with Crippen molar-refractivity contribution >= 4 is 0 Å². The highest BCUT2D eigenvalue weighted by molar-refractivity contribution is 5.08. The number of rotatable bonds is 6. The average Bonchev–Trinajstić information content (AvgIpc) is 2.25. The van der Waals surface area contributed by atoms with Crippen molar-refractivity contribution in [2.45, 2.75) is 19.4 Å². The molecule has 15 heavy (non-hydrogen) atoms. The van der Waals surface area contributed by atoms with E-state index in [9.17, 15) is 10.1 Å². The quantitative estimate of drug-likeness (QED) is 0.429. The summed E-state index contributed by atoms with van der Waals surface area (Å²) >= 11 is 0. The smallest absolute Gasteiger partial charge is 0.222 e. The minimum atomic E-state index is -0.529. The highest BCUT2D eigenvalue weighted by atomic mass is 16.6. The van der Waals surface area contributed by atoms with Gasteiger partial charge in [0.15, 0.2) is 0 Å². The molecule has 0 saturated carbocycles. The fraction of sp³-hybridized carbons (Fsp3) is 0.500. The van der Waals surface area contributed by atoms with Gasteiger partial charge in [0.05, 0.1) is 6.54 Å². The van der Waals surface area contributed by atoms with Crippen LogP contribution in [0.1, 0.15) is 12.5 Å². The molecule has 0 aromatic carbocycles. The Morgan fingerprint density at radius 1 is 1.67 bits per heavy atom. The molecule has 0 fully saturated rings. The molecule has 1 atom stereocenters. The van der Waals surface area contributed by atoms with Crippen LogP contribution < -0.4 is 5.32 Å². The van der Waals surface area contributed by atoms with Crippen molar-refractivity contribution < 1.29 is 4.92 Å². The van der Waals surface area contributed by atoms with Crippen molar-refractivity contribution in [3.05, 3.63) is 40.2 Å². The predicted octanol–water partition coefficient (Wildman–Crippen LogP) is 0.879. The van der Waals surface area contributed by atoms with Crippen LogP contribution in [0.3, 0.4) is 0 Å². The summed E-state index contributed by atoms with van der Waals surface area (Å²) in [5.74, 6) is 0. The predicted molar refractivity (Wildman–Crippen MR) is 57.3 cm³/mol. The summed E-state index contributed by atoms with van der Waals surface area (Å²) in [5, 5.41) is 13.4. The zero-order chi connectivity index (χ0) is 11.1. The van der Waals surface area contributed by atoms with Crippen molar-refractivity contribution in [2.24, 2.45) is 0 Å². The van der Waals surface area contributed by atoms with Gasteiger partial charge in [0, 0.05) is 24.2 Å². The van der Waals surface area contributed by atoms with Crippen LogP contribution in [0.5, 0.6) is 0 Å². The summed E-state index contributed by atoms with van der Waals surface area (Å²) in [6, 6.07) is 3.35. The van der Waals surface area contributed by atoms with E-state index in [1.54, 1.807) is 19.3 Å². The van der Waals surface area contributed by atoms with Gasteiger partial charge in [0.2, 0.25) is 6.04 Å². The monoisotopic (exact) mass is 209 g/mol. The maximum absolute atomic E-state index is 10.3. The molecule has 1 aromatic rings. The van der Waals surface area contributed by atoms with Crippen molar-refractivity contribution in [1.29, 1.82) is 0 Å². The first kappa shape index (κ1) is 11.6. The van der Waals surface area contributed by atoms with Crippen molar-refractivity contribution in [2.75, 3.05) is 13.1 Å². The minimum Gasteiger partial charge on any atom is -0.310 e. The van der Waals surface area contributed by atoms with Crippen LogP contribution in [0.2, 0.25) is 0 Å². The van der Waals surface area contributed by atoms with Crippen molar-refractivity contribution in [3.63, 3.8) is 0 Å². The standard InChI is InChI=1S/C10H15N3O2/c1-9(13(14)15)7-12-6-4-10-3-2-5-11-8-10/h2-3,5,8-9,12H,4,6-7H2,1H3. The number of hydrogen-bond donors (Lipinski definition) is 1. The van der Waals surface area contributed by atoms with Crippen LogP contribution in [-0.4, -0.2) is 29.0 Å². The molecule has 0 aliphatic rings. The lowest BCUT2D eigenvalue weighted by atomic mass is 10.2. The van der Waals surface area contributed by atoms with Crippen LogP contribution in [0.4, 0.5) is 0 Å². The van der Waals surface area contributed by atoms with E-state index in [2.05, 4.69) is 10.3 Å². The normalized spacial score (nSPS) is 12.3. The van der Waals surface area contributed by atoms with Crippen LogP contribution in [-0.2, 0) is 6.42 Å². The molecule has 1 heterocycles. The van der Waals surface area contributed by atoms with E-state index in [4.69, 9.17) is 0 Å². The molecule has 1 unspecified atom stereocenters. The molecule has 82 valence electrons. The van der Waals surface area contributed by atoms with E-state index < -0.39 is 6.04 Å². The summed E-state index contributed by atoms with van der Waals surface area (Å²) in [6.07, 6.45) is 4.38. The fourth-order valence-corrected chi connectivity index (χ4v) is 1.16. The summed E-state index contributed by atoms with van der Waals surface area (Å²) in [6.45, 7) is 2.74. The van der Waals surface area contributed by atoms with E-state index in [1.807, 2.05) is 12.1 Å². The van der Waals surface area contributed by atoms with E-state index in [0.717, 1.165) is 18.5 Å². The molecule has 0 saturated heterocycles. The summed E-state index contributed by atoms with van der Waals surface area (Å²) in [5.41, 5.74) is 1.14. The van der Waals surface area contributed by atoms with Crippen molar-refractivity contribution in [1.82, 2.24) is 10.3 Å². The highest BCUT2D eigenvalue weighted by Gasteiger charge is 2.10. The van der Waals surface area contributed by atoms with E-state index in [1.165, 1.54) is 0 Å². The third-order valence-electron chi connectivity index (χ3n) is 2.11. The Hall–Kier alpha value is -1.49.